The fraction of sp³-hybridized carbons (Fsp3) is 0.133. The highest BCUT2D eigenvalue weighted by atomic mass is 35.5. The molecule has 0 heterocycles. The number of aromatic carboxylic acids is 1. The molecular weight excluding hydrogens is 280 g/mol. The quantitative estimate of drug-likeness (QED) is 0.933. The van der Waals surface area contributed by atoms with E-state index in [4.69, 9.17) is 26.2 Å². The van der Waals surface area contributed by atoms with Crippen molar-refractivity contribution in [3.63, 3.8) is 0 Å². The van der Waals surface area contributed by atoms with Crippen molar-refractivity contribution in [2.24, 2.45) is 0 Å². The molecular formula is C15H13ClO4. The molecule has 2 aromatic rings. The Morgan fingerprint density at radius 2 is 1.75 bits per heavy atom. The van der Waals surface area contributed by atoms with Gasteiger partial charge in [0.05, 0.1) is 19.8 Å². The molecule has 0 aliphatic rings. The molecule has 0 saturated heterocycles. The number of halogens is 1. The first-order valence-corrected chi connectivity index (χ1v) is 6.20. The van der Waals surface area contributed by atoms with Crippen molar-refractivity contribution in [2.45, 2.75) is 0 Å². The summed E-state index contributed by atoms with van der Waals surface area (Å²) in [4.78, 5) is 11.2. The number of methoxy groups -OCH3 is 2. The van der Waals surface area contributed by atoms with E-state index < -0.39 is 5.97 Å². The lowest BCUT2D eigenvalue weighted by atomic mass is 10.0. The average Bonchev–Trinajstić information content (AvgIpc) is 2.46. The van der Waals surface area contributed by atoms with Gasteiger partial charge in [-0.1, -0.05) is 23.7 Å². The highest BCUT2D eigenvalue weighted by Crippen LogP contribution is 2.39. The van der Waals surface area contributed by atoms with Crippen LogP contribution in [0, 0.1) is 0 Å². The van der Waals surface area contributed by atoms with Crippen LogP contribution in [0.25, 0.3) is 11.1 Å². The Labute approximate surface area is 121 Å². The third-order valence-corrected chi connectivity index (χ3v) is 3.13. The molecule has 20 heavy (non-hydrogen) atoms. The number of carboxylic acids is 1. The summed E-state index contributed by atoms with van der Waals surface area (Å²) in [7, 11) is 2.98. The first kappa shape index (κ1) is 14.2. The fourth-order valence-corrected chi connectivity index (χ4v) is 2.06. The van der Waals surface area contributed by atoms with E-state index in [0.29, 0.717) is 22.1 Å². The first-order chi connectivity index (χ1) is 9.56. The number of hydrogen-bond donors (Lipinski definition) is 1. The molecule has 0 bridgehead atoms. The lowest BCUT2D eigenvalue weighted by molar-refractivity contribution is 0.0696. The highest BCUT2D eigenvalue weighted by Gasteiger charge is 2.16. The summed E-state index contributed by atoms with van der Waals surface area (Å²) in [6.45, 7) is 0. The van der Waals surface area contributed by atoms with Crippen molar-refractivity contribution >= 4 is 17.6 Å². The number of ether oxygens (including phenoxy) is 2. The van der Waals surface area contributed by atoms with Crippen molar-refractivity contribution in [3.8, 4) is 22.6 Å². The number of benzene rings is 2. The smallest absolute Gasteiger partial charge is 0.335 e. The molecule has 0 amide bonds. The van der Waals surface area contributed by atoms with E-state index in [-0.39, 0.29) is 5.56 Å². The summed E-state index contributed by atoms with van der Waals surface area (Å²) in [6.07, 6.45) is 0. The standard InChI is InChI=1S/C15H13ClO4/c1-19-13-8-10(15(17)18)7-12(14(13)20-2)9-3-5-11(16)6-4-9/h3-8H,1-2H3,(H,17,18). The minimum atomic E-state index is -1.03. The van der Waals surface area contributed by atoms with Gasteiger partial charge < -0.3 is 14.6 Å². The number of carboxylic acid groups (broad SMARTS) is 1. The van der Waals surface area contributed by atoms with Crippen LogP contribution in [0.15, 0.2) is 36.4 Å². The van der Waals surface area contributed by atoms with Gasteiger partial charge in [0.15, 0.2) is 11.5 Å². The zero-order valence-corrected chi connectivity index (χ0v) is 11.8. The summed E-state index contributed by atoms with van der Waals surface area (Å²) in [5.41, 5.74) is 1.57. The monoisotopic (exact) mass is 292 g/mol. The zero-order valence-electron chi connectivity index (χ0n) is 11.0. The second-order valence-corrected chi connectivity index (χ2v) is 4.51. The van der Waals surface area contributed by atoms with E-state index in [2.05, 4.69) is 0 Å². The molecule has 4 nitrogen and oxygen atoms in total. The van der Waals surface area contributed by atoms with Crippen LogP contribution in [0.1, 0.15) is 10.4 Å². The minimum absolute atomic E-state index is 0.132. The molecule has 2 rings (SSSR count). The molecule has 1 N–H and O–H groups in total. The Morgan fingerprint density at radius 1 is 1.10 bits per heavy atom. The van der Waals surface area contributed by atoms with E-state index in [0.717, 1.165) is 5.56 Å². The van der Waals surface area contributed by atoms with Gasteiger partial charge in [0.2, 0.25) is 0 Å². The van der Waals surface area contributed by atoms with E-state index >= 15 is 0 Å². The van der Waals surface area contributed by atoms with Gasteiger partial charge >= 0.3 is 5.97 Å². The molecule has 0 aromatic heterocycles. The fourth-order valence-electron chi connectivity index (χ4n) is 1.93. The molecule has 104 valence electrons. The van der Waals surface area contributed by atoms with Gasteiger partial charge in [0.25, 0.3) is 0 Å². The van der Waals surface area contributed by atoms with Crippen LogP contribution >= 0.6 is 11.6 Å². The lowest BCUT2D eigenvalue weighted by Crippen LogP contribution is -2.01. The Bertz CT molecular complexity index is 635. The molecule has 0 aliphatic carbocycles. The third kappa shape index (κ3) is 2.70. The predicted octanol–water partition coefficient (Wildman–Crippen LogP) is 3.72. The lowest BCUT2D eigenvalue weighted by Gasteiger charge is -2.14. The van der Waals surface area contributed by atoms with Gasteiger partial charge in [0, 0.05) is 10.6 Å². The van der Waals surface area contributed by atoms with Gasteiger partial charge in [0.1, 0.15) is 0 Å². The van der Waals surface area contributed by atoms with Gasteiger partial charge in [-0.05, 0) is 29.8 Å². The van der Waals surface area contributed by atoms with E-state index in [1.54, 1.807) is 30.3 Å². The van der Waals surface area contributed by atoms with E-state index in [9.17, 15) is 4.79 Å². The Morgan fingerprint density at radius 3 is 2.25 bits per heavy atom. The van der Waals surface area contributed by atoms with Gasteiger partial charge in [-0.15, -0.1) is 0 Å². The van der Waals surface area contributed by atoms with Crippen molar-refractivity contribution in [1.29, 1.82) is 0 Å². The zero-order chi connectivity index (χ0) is 14.7. The van der Waals surface area contributed by atoms with Crippen LogP contribution in [0.4, 0.5) is 0 Å². The van der Waals surface area contributed by atoms with Crippen LogP contribution in [0.3, 0.4) is 0 Å². The minimum Gasteiger partial charge on any atom is -0.493 e. The van der Waals surface area contributed by atoms with Crippen molar-refractivity contribution in [1.82, 2.24) is 0 Å². The normalized spacial score (nSPS) is 10.2. The van der Waals surface area contributed by atoms with Crippen LogP contribution in [-0.2, 0) is 0 Å². The summed E-state index contributed by atoms with van der Waals surface area (Å²) in [6, 6.07) is 10.0. The molecule has 0 radical (unpaired) electrons. The topological polar surface area (TPSA) is 55.8 Å². The molecule has 0 atom stereocenters. The Kier molecular flexibility index (Phi) is 4.15. The van der Waals surface area contributed by atoms with Crippen LogP contribution in [-0.4, -0.2) is 25.3 Å². The Hall–Kier alpha value is -2.20. The summed E-state index contributed by atoms with van der Waals surface area (Å²) < 4.78 is 10.5. The van der Waals surface area contributed by atoms with E-state index in [1.165, 1.54) is 20.3 Å². The first-order valence-electron chi connectivity index (χ1n) is 5.82. The van der Waals surface area contributed by atoms with Crippen LogP contribution < -0.4 is 9.47 Å². The van der Waals surface area contributed by atoms with Gasteiger partial charge in [-0.2, -0.15) is 0 Å². The van der Waals surface area contributed by atoms with Gasteiger partial charge in [-0.25, -0.2) is 4.79 Å². The average molecular weight is 293 g/mol. The summed E-state index contributed by atoms with van der Waals surface area (Å²) in [5, 5.41) is 9.77. The van der Waals surface area contributed by atoms with Gasteiger partial charge in [-0.3, -0.25) is 0 Å². The third-order valence-electron chi connectivity index (χ3n) is 2.88. The number of carbonyl (C=O) groups is 1. The largest absolute Gasteiger partial charge is 0.493 e. The number of rotatable bonds is 4. The second kappa shape index (κ2) is 5.84. The molecule has 0 unspecified atom stereocenters. The number of hydrogen-bond acceptors (Lipinski definition) is 3. The maximum atomic E-state index is 11.2. The second-order valence-electron chi connectivity index (χ2n) is 4.07. The SMILES string of the molecule is COc1cc(C(=O)O)cc(-c2ccc(Cl)cc2)c1OC. The molecule has 2 aromatic carbocycles. The Balaban J connectivity index is 2.68. The summed E-state index contributed by atoms with van der Waals surface area (Å²) >= 11 is 5.86. The van der Waals surface area contributed by atoms with E-state index in [1.807, 2.05) is 0 Å². The molecule has 0 aliphatic heterocycles. The maximum Gasteiger partial charge on any atom is 0.335 e. The van der Waals surface area contributed by atoms with Crippen molar-refractivity contribution < 1.29 is 19.4 Å². The van der Waals surface area contributed by atoms with Crippen LogP contribution in [0.5, 0.6) is 11.5 Å². The predicted molar refractivity (Wildman–Crippen MR) is 77.0 cm³/mol. The molecule has 0 saturated carbocycles. The highest BCUT2D eigenvalue weighted by molar-refractivity contribution is 6.30. The van der Waals surface area contributed by atoms with Crippen molar-refractivity contribution in [3.05, 3.63) is 47.0 Å². The molecule has 0 fully saturated rings. The van der Waals surface area contributed by atoms with Crippen LogP contribution in [0.2, 0.25) is 5.02 Å². The molecule has 5 heteroatoms. The van der Waals surface area contributed by atoms with Crippen molar-refractivity contribution in [2.75, 3.05) is 14.2 Å². The maximum absolute atomic E-state index is 11.2. The molecule has 0 spiro atoms. The summed E-state index contributed by atoms with van der Waals surface area (Å²) in [5.74, 6) is -0.168.